The molecular formula is C16H25N5O. The van der Waals surface area contributed by atoms with Crippen molar-refractivity contribution in [3.63, 3.8) is 0 Å². The zero-order valence-corrected chi connectivity index (χ0v) is 13.3. The Bertz CT molecular complexity index is 523. The summed E-state index contributed by atoms with van der Waals surface area (Å²) in [5.74, 6) is 3.10. The van der Waals surface area contributed by atoms with E-state index >= 15 is 0 Å². The predicted octanol–water partition coefficient (Wildman–Crippen LogP) is 1.71. The third-order valence-corrected chi connectivity index (χ3v) is 4.18. The highest BCUT2D eigenvalue weighted by Gasteiger charge is 2.28. The molecule has 6 nitrogen and oxygen atoms in total. The molecule has 1 aliphatic heterocycles. The van der Waals surface area contributed by atoms with Crippen molar-refractivity contribution in [2.45, 2.75) is 39.0 Å². The first-order chi connectivity index (χ1) is 10.7. The van der Waals surface area contributed by atoms with Crippen LogP contribution in [0.4, 0.5) is 11.6 Å². The summed E-state index contributed by atoms with van der Waals surface area (Å²) in [6.45, 7) is 5.40. The van der Waals surface area contributed by atoms with Crippen LogP contribution in [0.25, 0.3) is 0 Å². The number of anilines is 2. The minimum absolute atomic E-state index is 0.190. The maximum Gasteiger partial charge on any atom is 0.223 e. The number of piperidine rings is 1. The van der Waals surface area contributed by atoms with Gasteiger partial charge in [0.2, 0.25) is 5.91 Å². The van der Waals surface area contributed by atoms with Gasteiger partial charge in [0.25, 0.3) is 0 Å². The maximum atomic E-state index is 11.6. The van der Waals surface area contributed by atoms with Crippen molar-refractivity contribution >= 4 is 17.5 Å². The molecule has 22 heavy (non-hydrogen) atoms. The molecule has 1 amide bonds. The summed E-state index contributed by atoms with van der Waals surface area (Å²) in [4.78, 5) is 22.9. The lowest BCUT2D eigenvalue weighted by atomic mass is 10.1. The van der Waals surface area contributed by atoms with Crippen molar-refractivity contribution < 1.29 is 4.79 Å². The molecule has 3 rings (SSSR count). The van der Waals surface area contributed by atoms with E-state index in [4.69, 9.17) is 0 Å². The van der Waals surface area contributed by atoms with Crippen LogP contribution >= 0.6 is 0 Å². The number of aryl methyl sites for hydroxylation is 1. The average Bonchev–Trinajstić information content (AvgIpc) is 3.37. The van der Waals surface area contributed by atoms with E-state index in [1.807, 2.05) is 13.0 Å². The van der Waals surface area contributed by atoms with Gasteiger partial charge < -0.3 is 15.5 Å². The van der Waals surface area contributed by atoms with Crippen molar-refractivity contribution in [2.75, 3.05) is 36.4 Å². The molecule has 0 radical (unpaired) electrons. The SMILES string of the molecule is Cc1nc(NCCNC(=O)C2CC2)cc(N2CCCCC2)n1. The van der Waals surface area contributed by atoms with E-state index in [1.165, 1.54) is 19.3 Å². The second-order valence-electron chi connectivity index (χ2n) is 6.20. The van der Waals surface area contributed by atoms with Crippen LogP contribution in [0.5, 0.6) is 0 Å². The van der Waals surface area contributed by atoms with Gasteiger partial charge in [0.15, 0.2) is 0 Å². The highest BCUT2D eigenvalue weighted by atomic mass is 16.2. The van der Waals surface area contributed by atoms with E-state index in [-0.39, 0.29) is 11.8 Å². The van der Waals surface area contributed by atoms with Gasteiger partial charge in [0.1, 0.15) is 17.5 Å². The molecule has 2 N–H and O–H groups in total. The van der Waals surface area contributed by atoms with Gasteiger partial charge in [-0.15, -0.1) is 0 Å². The standard InChI is InChI=1S/C16H25N5O/c1-12-19-14(17-7-8-18-16(22)13-5-6-13)11-15(20-12)21-9-3-2-4-10-21/h11,13H,2-10H2,1H3,(H,18,22)(H,17,19,20). The average molecular weight is 303 g/mol. The van der Waals surface area contributed by atoms with Crippen molar-refractivity contribution in [1.29, 1.82) is 0 Å². The fraction of sp³-hybridized carbons (Fsp3) is 0.688. The fourth-order valence-corrected chi connectivity index (χ4v) is 2.79. The van der Waals surface area contributed by atoms with Crippen LogP contribution in [0.15, 0.2) is 6.07 Å². The molecule has 0 aromatic carbocycles. The van der Waals surface area contributed by atoms with Crippen LogP contribution in [0, 0.1) is 12.8 Å². The minimum Gasteiger partial charge on any atom is -0.368 e. The van der Waals surface area contributed by atoms with Gasteiger partial charge in [-0.25, -0.2) is 9.97 Å². The van der Waals surface area contributed by atoms with E-state index in [0.717, 1.165) is 43.4 Å². The lowest BCUT2D eigenvalue weighted by Crippen LogP contribution is -2.31. The van der Waals surface area contributed by atoms with E-state index in [1.54, 1.807) is 0 Å². The fourth-order valence-electron chi connectivity index (χ4n) is 2.79. The van der Waals surface area contributed by atoms with Crippen molar-refractivity contribution in [2.24, 2.45) is 5.92 Å². The van der Waals surface area contributed by atoms with E-state index in [0.29, 0.717) is 13.1 Å². The smallest absolute Gasteiger partial charge is 0.223 e. The quantitative estimate of drug-likeness (QED) is 0.783. The summed E-state index contributed by atoms with van der Waals surface area (Å²) in [7, 11) is 0. The summed E-state index contributed by atoms with van der Waals surface area (Å²) >= 11 is 0. The Morgan fingerprint density at radius 1 is 1.23 bits per heavy atom. The summed E-state index contributed by atoms with van der Waals surface area (Å²) in [6, 6.07) is 2.01. The second-order valence-corrected chi connectivity index (χ2v) is 6.20. The number of rotatable bonds is 6. The summed E-state index contributed by atoms with van der Waals surface area (Å²) in [5.41, 5.74) is 0. The lowest BCUT2D eigenvalue weighted by molar-refractivity contribution is -0.122. The van der Waals surface area contributed by atoms with Gasteiger partial charge in [-0.2, -0.15) is 0 Å². The normalized spacial score (nSPS) is 18.1. The molecule has 1 aliphatic carbocycles. The summed E-state index contributed by atoms with van der Waals surface area (Å²) in [6.07, 6.45) is 5.87. The monoisotopic (exact) mass is 303 g/mol. The molecular weight excluding hydrogens is 278 g/mol. The number of carbonyl (C=O) groups excluding carboxylic acids is 1. The number of carbonyl (C=O) groups is 1. The number of hydrogen-bond donors (Lipinski definition) is 2. The van der Waals surface area contributed by atoms with Gasteiger partial charge in [-0.1, -0.05) is 0 Å². The van der Waals surface area contributed by atoms with Gasteiger partial charge >= 0.3 is 0 Å². The third kappa shape index (κ3) is 4.08. The number of amides is 1. The first kappa shape index (κ1) is 15.1. The molecule has 2 heterocycles. The van der Waals surface area contributed by atoms with Crippen molar-refractivity contribution in [1.82, 2.24) is 15.3 Å². The van der Waals surface area contributed by atoms with Crippen LogP contribution < -0.4 is 15.5 Å². The van der Waals surface area contributed by atoms with Crippen molar-refractivity contribution in [3.8, 4) is 0 Å². The number of aromatic nitrogens is 2. The Hall–Kier alpha value is -1.85. The maximum absolute atomic E-state index is 11.6. The van der Waals surface area contributed by atoms with Gasteiger partial charge in [-0.3, -0.25) is 4.79 Å². The molecule has 6 heteroatoms. The predicted molar refractivity (Wildman–Crippen MR) is 87.1 cm³/mol. The van der Waals surface area contributed by atoms with Gasteiger partial charge in [0.05, 0.1) is 0 Å². The van der Waals surface area contributed by atoms with Crippen LogP contribution in [0.3, 0.4) is 0 Å². The van der Waals surface area contributed by atoms with E-state index in [2.05, 4.69) is 25.5 Å². The van der Waals surface area contributed by atoms with E-state index < -0.39 is 0 Å². The Morgan fingerprint density at radius 2 is 2.00 bits per heavy atom. The van der Waals surface area contributed by atoms with Crippen molar-refractivity contribution in [3.05, 3.63) is 11.9 Å². The Labute approximate surface area is 131 Å². The highest BCUT2D eigenvalue weighted by Crippen LogP contribution is 2.28. The molecule has 1 aromatic rings. The van der Waals surface area contributed by atoms with Crippen LogP contribution in [0.2, 0.25) is 0 Å². The number of hydrogen-bond acceptors (Lipinski definition) is 5. The van der Waals surface area contributed by atoms with E-state index in [9.17, 15) is 4.79 Å². The zero-order valence-electron chi connectivity index (χ0n) is 13.3. The molecule has 0 atom stereocenters. The zero-order chi connectivity index (χ0) is 15.4. The van der Waals surface area contributed by atoms with Crippen LogP contribution in [-0.2, 0) is 4.79 Å². The first-order valence-corrected chi connectivity index (χ1v) is 8.34. The van der Waals surface area contributed by atoms with Gasteiger partial charge in [-0.05, 0) is 39.0 Å². The molecule has 1 saturated heterocycles. The molecule has 0 spiro atoms. The highest BCUT2D eigenvalue weighted by molar-refractivity contribution is 5.80. The lowest BCUT2D eigenvalue weighted by Gasteiger charge is -2.28. The number of nitrogens with one attached hydrogen (secondary N) is 2. The molecule has 2 aliphatic rings. The molecule has 120 valence electrons. The Balaban J connectivity index is 1.51. The molecule has 0 unspecified atom stereocenters. The molecule has 2 fully saturated rings. The number of nitrogens with zero attached hydrogens (tertiary/aromatic N) is 3. The Kier molecular flexibility index (Phi) is 4.75. The molecule has 1 saturated carbocycles. The van der Waals surface area contributed by atoms with Crippen LogP contribution in [0.1, 0.15) is 37.9 Å². The largest absolute Gasteiger partial charge is 0.368 e. The topological polar surface area (TPSA) is 70.2 Å². The second kappa shape index (κ2) is 6.94. The molecule has 1 aromatic heterocycles. The minimum atomic E-state index is 0.190. The first-order valence-electron chi connectivity index (χ1n) is 8.34. The Morgan fingerprint density at radius 3 is 2.73 bits per heavy atom. The summed E-state index contributed by atoms with van der Waals surface area (Å²) in [5, 5.41) is 6.24. The van der Waals surface area contributed by atoms with Crippen LogP contribution in [-0.4, -0.2) is 42.1 Å². The third-order valence-electron chi connectivity index (χ3n) is 4.18. The summed E-state index contributed by atoms with van der Waals surface area (Å²) < 4.78 is 0. The molecule has 0 bridgehead atoms. The van der Waals surface area contributed by atoms with Gasteiger partial charge in [0, 0.05) is 38.2 Å².